The SMILES string of the molecule is CCSCC(C)NCc1ccc(C(=O)OC)cc1Br. The minimum Gasteiger partial charge on any atom is -0.465 e. The average Bonchev–Trinajstić information content (AvgIpc) is 2.42. The van der Waals surface area contributed by atoms with Crippen LogP contribution in [0.1, 0.15) is 29.8 Å². The van der Waals surface area contributed by atoms with Crippen molar-refractivity contribution in [2.45, 2.75) is 26.4 Å². The molecule has 0 aliphatic carbocycles. The Morgan fingerprint density at radius 2 is 2.26 bits per heavy atom. The van der Waals surface area contributed by atoms with E-state index in [0.29, 0.717) is 11.6 Å². The molecule has 1 unspecified atom stereocenters. The average molecular weight is 346 g/mol. The molecule has 0 amide bonds. The molecule has 0 fully saturated rings. The van der Waals surface area contributed by atoms with Crippen molar-refractivity contribution >= 4 is 33.7 Å². The first-order chi connectivity index (χ1) is 9.08. The molecule has 0 aliphatic rings. The molecule has 0 heterocycles. The number of esters is 1. The van der Waals surface area contributed by atoms with Crippen LogP contribution in [0.5, 0.6) is 0 Å². The molecule has 0 saturated heterocycles. The maximum atomic E-state index is 11.4. The van der Waals surface area contributed by atoms with Crippen molar-refractivity contribution in [1.29, 1.82) is 0 Å². The van der Waals surface area contributed by atoms with Crippen molar-refractivity contribution in [1.82, 2.24) is 5.32 Å². The van der Waals surface area contributed by atoms with Crippen LogP contribution in [0.25, 0.3) is 0 Å². The van der Waals surface area contributed by atoms with Gasteiger partial charge in [0, 0.05) is 22.8 Å². The summed E-state index contributed by atoms with van der Waals surface area (Å²) >= 11 is 5.42. The molecule has 3 nitrogen and oxygen atoms in total. The highest BCUT2D eigenvalue weighted by Crippen LogP contribution is 2.19. The van der Waals surface area contributed by atoms with E-state index in [9.17, 15) is 4.79 Å². The second kappa shape index (κ2) is 8.61. The molecule has 0 bridgehead atoms. The molecule has 1 atom stereocenters. The smallest absolute Gasteiger partial charge is 0.337 e. The lowest BCUT2D eigenvalue weighted by Gasteiger charge is -2.14. The fraction of sp³-hybridized carbons (Fsp3) is 0.500. The molecule has 0 aliphatic heterocycles. The van der Waals surface area contributed by atoms with Crippen LogP contribution in [-0.2, 0) is 11.3 Å². The van der Waals surface area contributed by atoms with E-state index in [1.807, 2.05) is 17.8 Å². The summed E-state index contributed by atoms with van der Waals surface area (Å²) in [7, 11) is 1.39. The van der Waals surface area contributed by atoms with Gasteiger partial charge in [-0.25, -0.2) is 4.79 Å². The van der Waals surface area contributed by atoms with Crippen LogP contribution in [0.2, 0.25) is 0 Å². The largest absolute Gasteiger partial charge is 0.465 e. The molecule has 1 aromatic rings. The van der Waals surface area contributed by atoms with Crippen LogP contribution in [0.4, 0.5) is 0 Å². The summed E-state index contributed by atoms with van der Waals surface area (Å²) < 4.78 is 5.62. The standard InChI is InChI=1S/C14H20BrNO2S/c1-4-19-9-10(2)16-8-12-6-5-11(7-13(12)15)14(17)18-3/h5-7,10,16H,4,8-9H2,1-3H3. The number of carbonyl (C=O) groups is 1. The van der Waals surface area contributed by atoms with Crippen LogP contribution in [0.3, 0.4) is 0 Å². The zero-order chi connectivity index (χ0) is 14.3. The van der Waals surface area contributed by atoms with Gasteiger partial charge in [0.15, 0.2) is 0 Å². The van der Waals surface area contributed by atoms with E-state index in [1.54, 1.807) is 12.1 Å². The Morgan fingerprint density at radius 1 is 1.53 bits per heavy atom. The van der Waals surface area contributed by atoms with Gasteiger partial charge in [-0.3, -0.25) is 0 Å². The highest BCUT2D eigenvalue weighted by Gasteiger charge is 2.09. The molecule has 0 radical (unpaired) electrons. The highest BCUT2D eigenvalue weighted by molar-refractivity contribution is 9.10. The fourth-order valence-electron chi connectivity index (χ4n) is 1.57. The number of benzene rings is 1. The Balaban J connectivity index is 2.57. The lowest BCUT2D eigenvalue weighted by molar-refractivity contribution is 0.0600. The van der Waals surface area contributed by atoms with Gasteiger partial charge in [-0.15, -0.1) is 0 Å². The maximum Gasteiger partial charge on any atom is 0.337 e. The number of hydrogen-bond donors (Lipinski definition) is 1. The molecule has 0 aromatic heterocycles. The van der Waals surface area contributed by atoms with Gasteiger partial charge in [-0.1, -0.05) is 28.9 Å². The van der Waals surface area contributed by atoms with E-state index < -0.39 is 0 Å². The molecule has 0 saturated carbocycles. The van der Waals surface area contributed by atoms with Gasteiger partial charge in [0.05, 0.1) is 12.7 Å². The van der Waals surface area contributed by atoms with Gasteiger partial charge in [0.1, 0.15) is 0 Å². The van der Waals surface area contributed by atoms with Crippen molar-refractivity contribution in [3.8, 4) is 0 Å². The molecular weight excluding hydrogens is 326 g/mol. The molecule has 5 heteroatoms. The summed E-state index contributed by atoms with van der Waals surface area (Å²) in [4.78, 5) is 11.4. The van der Waals surface area contributed by atoms with Gasteiger partial charge in [0.2, 0.25) is 0 Å². The zero-order valence-corrected chi connectivity index (χ0v) is 13.9. The number of thioether (sulfide) groups is 1. The number of ether oxygens (including phenoxy) is 1. The molecule has 0 spiro atoms. The number of halogens is 1. The molecule has 1 N–H and O–H groups in total. The van der Waals surface area contributed by atoms with Gasteiger partial charge in [-0.05, 0) is 30.4 Å². The Hall–Kier alpha value is -0.520. The van der Waals surface area contributed by atoms with Gasteiger partial charge < -0.3 is 10.1 Å². The fourth-order valence-corrected chi connectivity index (χ4v) is 2.80. The predicted molar refractivity (Wildman–Crippen MR) is 84.8 cm³/mol. The maximum absolute atomic E-state index is 11.4. The molecule has 106 valence electrons. The summed E-state index contributed by atoms with van der Waals surface area (Å²) in [5, 5.41) is 3.47. The first-order valence-electron chi connectivity index (χ1n) is 6.26. The topological polar surface area (TPSA) is 38.3 Å². The van der Waals surface area contributed by atoms with Crippen LogP contribution >= 0.6 is 27.7 Å². The van der Waals surface area contributed by atoms with Crippen LogP contribution in [-0.4, -0.2) is 30.6 Å². The van der Waals surface area contributed by atoms with Crippen molar-refractivity contribution < 1.29 is 9.53 Å². The Labute approximate surface area is 127 Å². The predicted octanol–water partition coefficient (Wildman–Crippen LogP) is 3.47. The quantitative estimate of drug-likeness (QED) is 0.768. The van der Waals surface area contributed by atoms with Crippen molar-refractivity contribution in [2.24, 2.45) is 0 Å². The summed E-state index contributed by atoms with van der Waals surface area (Å²) in [5.41, 5.74) is 1.70. The first kappa shape index (κ1) is 16.5. The van der Waals surface area contributed by atoms with Crippen LogP contribution < -0.4 is 5.32 Å². The van der Waals surface area contributed by atoms with Crippen molar-refractivity contribution in [2.75, 3.05) is 18.6 Å². The minimum atomic E-state index is -0.312. The van der Waals surface area contributed by atoms with E-state index in [-0.39, 0.29) is 5.97 Å². The van der Waals surface area contributed by atoms with E-state index in [0.717, 1.165) is 28.1 Å². The number of nitrogens with one attached hydrogen (secondary N) is 1. The minimum absolute atomic E-state index is 0.312. The van der Waals surface area contributed by atoms with Crippen LogP contribution in [0.15, 0.2) is 22.7 Å². The van der Waals surface area contributed by atoms with E-state index in [4.69, 9.17) is 4.74 Å². The summed E-state index contributed by atoms with van der Waals surface area (Å²) in [6, 6.07) is 6.01. The van der Waals surface area contributed by atoms with Gasteiger partial charge in [0.25, 0.3) is 0 Å². The highest BCUT2D eigenvalue weighted by atomic mass is 79.9. The third-order valence-electron chi connectivity index (χ3n) is 2.69. The Morgan fingerprint density at radius 3 is 2.84 bits per heavy atom. The number of hydrogen-bond acceptors (Lipinski definition) is 4. The molecule has 1 rings (SSSR count). The number of rotatable bonds is 7. The van der Waals surface area contributed by atoms with Gasteiger partial charge >= 0.3 is 5.97 Å². The molecular formula is C14H20BrNO2S. The normalized spacial score (nSPS) is 12.2. The number of methoxy groups -OCH3 is 1. The van der Waals surface area contributed by atoms with Gasteiger partial charge in [-0.2, -0.15) is 11.8 Å². The first-order valence-corrected chi connectivity index (χ1v) is 8.21. The zero-order valence-electron chi connectivity index (χ0n) is 11.5. The summed E-state index contributed by atoms with van der Waals surface area (Å²) in [6.07, 6.45) is 0. The molecule has 19 heavy (non-hydrogen) atoms. The molecule has 1 aromatic carbocycles. The van der Waals surface area contributed by atoms with E-state index >= 15 is 0 Å². The Bertz CT molecular complexity index is 426. The van der Waals surface area contributed by atoms with Crippen molar-refractivity contribution in [3.63, 3.8) is 0 Å². The van der Waals surface area contributed by atoms with E-state index in [1.165, 1.54) is 7.11 Å². The number of carbonyl (C=O) groups excluding carboxylic acids is 1. The summed E-state index contributed by atoms with van der Waals surface area (Å²) in [6.45, 7) is 5.13. The lowest BCUT2D eigenvalue weighted by Crippen LogP contribution is -2.27. The second-order valence-electron chi connectivity index (χ2n) is 4.24. The third kappa shape index (κ3) is 5.55. The monoisotopic (exact) mass is 345 g/mol. The van der Waals surface area contributed by atoms with Crippen molar-refractivity contribution in [3.05, 3.63) is 33.8 Å². The Kier molecular flexibility index (Phi) is 7.49. The van der Waals surface area contributed by atoms with E-state index in [2.05, 4.69) is 35.1 Å². The summed E-state index contributed by atoms with van der Waals surface area (Å²) in [5.74, 6) is 1.94. The third-order valence-corrected chi connectivity index (χ3v) is 4.57. The second-order valence-corrected chi connectivity index (χ2v) is 6.41. The van der Waals surface area contributed by atoms with Crippen LogP contribution in [0, 0.1) is 0 Å². The lowest BCUT2D eigenvalue weighted by atomic mass is 10.1.